The van der Waals surface area contributed by atoms with E-state index >= 15 is 0 Å². The molecule has 0 aromatic carbocycles. The van der Waals surface area contributed by atoms with Crippen LogP contribution < -0.4 is 0 Å². The molecule has 0 heterocycles. The molecule has 0 aromatic heterocycles. The van der Waals surface area contributed by atoms with Gasteiger partial charge in [0.1, 0.15) is 0 Å². The number of unbranched alkanes of at least 4 members (excludes halogenated alkanes) is 22. The molecule has 0 aliphatic heterocycles. The summed E-state index contributed by atoms with van der Waals surface area (Å²) in [4.78, 5) is 20.9. The zero-order chi connectivity index (χ0) is 31.3. The topological polar surface area (TPSA) is 74.6 Å². The lowest BCUT2D eigenvalue weighted by Crippen LogP contribution is -1.93. The van der Waals surface area contributed by atoms with Gasteiger partial charge in [-0.05, 0) is 77.0 Å². The van der Waals surface area contributed by atoms with Gasteiger partial charge in [0, 0.05) is 12.8 Å². The minimum atomic E-state index is -0.673. The summed E-state index contributed by atoms with van der Waals surface area (Å²) in [6.45, 7) is 0. The first-order chi connectivity index (χ1) is 21.1. The summed E-state index contributed by atoms with van der Waals surface area (Å²) in [5, 5.41) is 17.2. The largest absolute Gasteiger partial charge is 0.481 e. The number of aliphatic carboxylic acids is 2. The van der Waals surface area contributed by atoms with Gasteiger partial charge in [-0.3, -0.25) is 9.59 Å². The van der Waals surface area contributed by atoms with Crippen molar-refractivity contribution in [2.45, 2.75) is 186 Å². The highest BCUT2D eigenvalue weighted by molar-refractivity contribution is 5.66. The molecule has 0 aliphatic carbocycles. The minimum absolute atomic E-state index is 0.316. The van der Waals surface area contributed by atoms with Gasteiger partial charge in [-0.25, -0.2) is 0 Å². The second-order valence-electron chi connectivity index (χ2n) is 12.2. The molecule has 0 unspecified atom stereocenters. The summed E-state index contributed by atoms with van der Waals surface area (Å²) in [5.74, 6) is -1.35. The molecule has 4 nitrogen and oxygen atoms in total. The third-order valence-electron chi connectivity index (χ3n) is 7.98. The van der Waals surface area contributed by atoms with Gasteiger partial charge in [-0.1, -0.05) is 145 Å². The van der Waals surface area contributed by atoms with Crippen LogP contribution in [-0.4, -0.2) is 22.2 Å². The molecule has 0 radical (unpaired) electrons. The molecule has 0 aromatic rings. The lowest BCUT2D eigenvalue weighted by atomic mass is 10.0. The second-order valence-corrected chi connectivity index (χ2v) is 12.2. The van der Waals surface area contributed by atoms with Crippen molar-refractivity contribution in [3.63, 3.8) is 0 Å². The van der Waals surface area contributed by atoms with Crippen LogP contribution in [0.5, 0.6) is 0 Å². The summed E-state index contributed by atoms with van der Waals surface area (Å²) in [6.07, 6.45) is 52.0. The highest BCUT2D eigenvalue weighted by Gasteiger charge is 1.97. The zero-order valence-corrected chi connectivity index (χ0v) is 27.8. The highest BCUT2D eigenvalue weighted by Crippen LogP contribution is 2.13. The molecule has 0 amide bonds. The van der Waals surface area contributed by atoms with Gasteiger partial charge in [-0.2, -0.15) is 0 Å². The van der Waals surface area contributed by atoms with Gasteiger partial charge in [0.15, 0.2) is 0 Å². The van der Waals surface area contributed by atoms with Crippen LogP contribution in [0.15, 0.2) is 48.6 Å². The van der Waals surface area contributed by atoms with E-state index in [9.17, 15) is 9.59 Å². The molecule has 0 aliphatic rings. The zero-order valence-electron chi connectivity index (χ0n) is 27.8. The van der Waals surface area contributed by atoms with E-state index in [4.69, 9.17) is 10.2 Å². The molecular formula is C39H68O4. The molecule has 0 bridgehead atoms. The molecule has 4 heteroatoms. The SMILES string of the molecule is O=C(O)CCCCCCCC=CCC=CCCCCCCCCCCCCCC=CCC=CCCCCCCCC(=O)O. The Morgan fingerprint density at radius 1 is 0.302 bits per heavy atom. The summed E-state index contributed by atoms with van der Waals surface area (Å²) in [5.41, 5.74) is 0. The number of carboxylic acids is 2. The Labute approximate surface area is 266 Å². The molecule has 43 heavy (non-hydrogen) atoms. The highest BCUT2D eigenvalue weighted by atomic mass is 16.4. The van der Waals surface area contributed by atoms with E-state index in [1.807, 2.05) is 0 Å². The molecule has 2 N–H and O–H groups in total. The van der Waals surface area contributed by atoms with E-state index in [2.05, 4.69) is 48.6 Å². The summed E-state index contributed by atoms with van der Waals surface area (Å²) in [6, 6.07) is 0. The van der Waals surface area contributed by atoms with Crippen LogP contribution in [-0.2, 0) is 9.59 Å². The van der Waals surface area contributed by atoms with Crippen LogP contribution in [0, 0.1) is 0 Å². The van der Waals surface area contributed by atoms with Crippen molar-refractivity contribution in [3.05, 3.63) is 48.6 Å². The molecule has 248 valence electrons. The van der Waals surface area contributed by atoms with E-state index in [1.165, 1.54) is 109 Å². The molecule has 0 rings (SSSR count). The summed E-state index contributed by atoms with van der Waals surface area (Å²) in [7, 11) is 0. The van der Waals surface area contributed by atoms with E-state index in [-0.39, 0.29) is 0 Å². The fraction of sp³-hybridized carbons (Fsp3) is 0.744. The van der Waals surface area contributed by atoms with Gasteiger partial charge in [0.25, 0.3) is 0 Å². The third kappa shape index (κ3) is 39.9. The molecular weight excluding hydrogens is 532 g/mol. The Balaban J connectivity index is 3.23. The average Bonchev–Trinajstić information content (AvgIpc) is 2.98. The van der Waals surface area contributed by atoms with Gasteiger partial charge in [0.05, 0.1) is 0 Å². The number of carbonyl (C=O) groups is 2. The Morgan fingerprint density at radius 2 is 0.512 bits per heavy atom. The standard InChI is InChI=1S/C39H68O4/c40-38(41)36-34-32-30-28-26-24-22-20-18-16-14-12-10-8-6-4-2-1-3-5-7-9-11-13-15-17-19-21-23-25-27-29-31-33-35-37-39(42)43/h14-17,20-23H,1-13,18-19,24-37H2,(H,40,41)(H,42,43). The number of carboxylic acid groups (broad SMARTS) is 2. The van der Waals surface area contributed by atoms with E-state index in [0.29, 0.717) is 12.8 Å². The van der Waals surface area contributed by atoms with Crippen molar-refractivity contribution in [2.24, 2.45) is 0 Å². The van der Waals surface area contributed by atoms with E-state index in [1.54, 1.807) is 0 Å². The van der Waals surface area contributed by atoms with Crippen LogP contribution in [0.25, 0.3) is 0 Å². The fourth-order valence-corrected chi connectivity index (χ4v) is 5.27. The number of hydrogen-bond donors (Lipinski definition) is 2. The Hall–Kier alpha value is -2.10. The Bertz CT molecular complexity index is 659. The molecule has 0 saturated heterocycles. The monoisotopic (exact) mass is 601 g/mol. The smallest absolute Gasteiger partial charge is 0.303 e. The van der Waals surface area contributed by atoms with Gasteiger partial charge < -0.3 is 10.2 Å². The third-order valence-corrected chi connectivity index (χ3v) is 7.98. The number of rotatable bonds is 34. The molecule has 0 atom stereocenters. The van der Waals surface area contributed by atoms with Crippen LogP contribution in [0.1, 0.15) is 186 Å². The van der Waals surface area contributed by atoms with Crippen molar-refractivity contribution in [2.75, 3.05) is 0 Å². The van der Waals surface area contributed by atoms with Gasteiger partial charge in [0.2, 0.25) is 0 Å². The first-order valence-corrected chi connectivity index (χ1v) is 18.2. The van der Waals surface area contributed by atoms with Crippen molar-refractivity contribution < 1.29 is 19.8 Å². The second kappa shape index (κ2) is 36.1. The maximum atomic E-state index is 10.5. The van der Waals surface area contributed by atoms with Crippen LogP contribution in [0.3, 0.4) is 0 Å². The lowest BCUT2D eigenvalue weighted by molar-refractivity contribution is -0.138. The van der Waals surface area contributed by atoms with Crippen molar-refractivity contribution in [1.82, 2.24) is 0 Å². The first-order valence-electron chi connectivity index (χ1n) is 18.2. The van der Waals surface area contributed by atoms with E-state index in [0.717, 1.165) is 64.2 Å². The fourth-order valence-electron chi connectivity index (χ4n) is 5.27. The predicted molar refractivity (Wildman–Crippen MR) is 186 cm³/mol. The number of allylic oxidation sites excluding steroid dienone is 8. The number of hydrogen-bond acceptors (Lipinski definition) is 2. The normalized spacial score (nSPS) is 12.1. The molecule has 0 spiro atoms. The van der Waals surface area contributed by atoms with Crippen molar-refractivity contribution >= 4 is 11.9 Å². The minimum Gasteiger partial charge on any atom is -0.481 e. The van der Waals surface area contributed by atoms with Gasteiger partial charge in [-0.15, -0.1) is 0 Å². The van der Waals surface area contributed by atoms with Crippen LogP contribution in [0.2, 0.25) is 0 Å². The van der Waals surface area contributed by atoms with Crippen LogP contribution >= 0.6 is 0 Å². The maximum absolute atomic E-state index is 10.5. The maximum Gasteiger partial charge on any atom is 0.303 e. The van der Waals surface area contributed by atoms with Crippen molar-refractivity contribution in [3.8, 4) is 0 Å². The Kier molecular flexibility index (Phi) is 34.3. The van der Waals surface area contributed by atoms with Crippen molar-refractivity contribution in [1.29, 1.82) is 0 Å². The molecule has 0 fully saturated rings. The lowest BCUT2D eigenvalue weighted by Gasteiger charge is -2.02. The van der Waals surface area contributed by atoms with Gasteiger partial charge >= 0.3 is 11.9 Å². The Morgan fingerprint density at radius 3 is 0.744 bits per heavy atom. The quantitative estimate of drug-likeness (QED) is 0.0569. The summed E-state index contributed by atoms with van der Waals surface area (Å²) < 4.78 is 0. The predicted octanol–water partition coefficient (Wildman–Crippen LogP) is 12.7. The van der Waals surface area contributed by atoms with Crippen LogP contribution in [0.4, 0.5) is 0 Å². The average molecular weight is 601 g/mol. The van der Waals surface area contributed by atoms with E-state index < -0.39 is 11.9 Å². The summed E-state index contributed by atoms with van der Waals surface area (Å²) >= 11 is 0. The molecule has 0 saturated carbocycles. The first kappa shape index (κ1) is 40.9.